The van der Waals surface area contributed by atoms with Crippen LogP contribution in [0.3, 0.4) is 0 Å². The number of nitrogens with one attached hydrogen (secondary N) is 2. The molecular formula is C26H35N3O5S. The van der Waals surface area contributed by atoms with Crippen LogP contribution in [0, 0.1) is 5.92 Å². The summed E-state index contributed by atoms with van der Waals surface area (Å²) >= 11 is 0. The van der Waals surface area contributed by atoms with E-state index in [9.17, 15) is 18.0 Å². The summed E-state index contributed by atoms with van der Waals surface area (Å²) in [5, 5.41) is 4.20. The molecule has 190 valence electrons. The van der Waals surface area contributed by atoms with Crippen LogP contribution in [-0.2, 0) is 14.8 Å². The highest BCUT2D eigenvalue weighted by molar-refractivity contribution is 7.89. The molecule has 1 heterocycles. The van der Waals surface area contributed by atoms with Crippen molar-refractivity contribution < 1.29 is 22.7 Å². The molecule has 2 N–H and O–H groups in total. The Morgan fingerprint density at radius 3 is 2.34 bits per heavy atom. The van der Waals surface area contributed by atoms with Crippen LogP contribution < -0.4 is 10.0 Å². The molecule has 2 aromatic rings. The topological polar surface area (TPSA) is 105 Å². The van der Waals surface area contributed by atoms with Crippen molar-refractivity contribution in [3.8, 4) is 0 Å². The second kappa shape index (κ2) is 11.4. The predicted molar refractivity (Wildman–Crippen MR) is 135 cm³/mol. The summed E-state index contributed by atoms with van der Waals surface area (Å²) in [6.07, 6.45) is 6.64. The molecule has 1 aliphatic carbocycles. The molecule has 2 amide bonds. The lowest BCUT2D eigenvalue weighted by atomic mass is 9.89. The van der Waals surface area contributed by atoms with Crippen molar-refractivity contribution in [1.29, 1.82) is 0 Å². The van der Waals surface area contributed by atoms with E-state index >= 15 is 0 Å². The van der Waals surface area contributed by atoms with Crippen molar-refractivity contribution in [2.45, 2.75) is 62.8 Å². The normalized spacial score (nSPS) is 17.9. The van der Waals surface area contributed by atoms with Crippen LogP contribution in [-0.4, -0.2) is 57.6 Å². The minimum atomic E-state index is -3.82. The summed E-state index contributed by atoms with van der Waals surface area (Å²) in [5.74, 6) is 0.341. The van der Waals surface area contributed by atoms with E-state index in [1.165, 1.54) is 25.3 Å². The molecule has 1 saturated carbocycles. The van der Waals surface area contributed by atoms with Gasteiger partial charge in [0.2, 0.25) is 10.0 Å². The zero-order valence-corrected chi connectivity index (χ0v) is 21.1. The van der Waals surface area contributed by atoms with Gasteiger partial charge in [0.1, 0.15) is 0 Å². The lowest BCUT2D eigenvalue weighted by Gasteiger charge is -2.31. The number of hydrogen-bond donors (Lipinski definition) is 2. The second-order valence-electron chi connectivity index (χ2n) is 9.45. The fourth-order valence-electron chi connectivity index (χ4n) is 5.10. The van der Waals surface area contributed by atoms with Gasteiger partial charge in [-0.05, 0) is 56.0 Å². The number of benzene rings is 2. The van der Waals surface area contributed by atoms with E-state index in [2.05, 4.69) is 10.0 Å². The SMILES string of the molecule is CCOC(=O)N1CCC(NS(=O)(=O)c2ccc(C(=O)NCC3CCCCC3)c3ccccc23)CC1. The lowest BCUT2D eigenvalue weighted by Crippen LogP contribution is -2.46. The summed E-state index contributed by atoms with van der Waals surface area (Å²) in [6, 6.07) is 9.98. The number of fused-ring (bicyclic) bond motifs is 1. The van der Waals surface area contributed by atoms with E-state index in [-0.39, 0.29) is 22.9 Å². The van der Waals surface area contributed by atoms with Gasteiger partial charge in [0.15, 0.2) is 0 Å². The average Bonchev–Trinajstić information content (AvgIpc) is 2.87. The average molecular weight is 502 g/mol. The number of ether oxygens (including phenoxy) is 1. The molecule has 4 rings (SSSR count). The number of carbonyl (C=O) groups excluding carboxylic acids is 2. The van der Waals surface area contributed by atoms with E-state index in [1.807, 2.05) is 6.07 Å². The Balaban J connectivity index is 1.47. The van der Waals surface area contributed by atoms with E-state index in [4.69, 9.17) is 4.74 Å². The van der Waals surface area contributed by atoms with Crippen molar-refractivity contribution >= 4 is 32.8 Å². The van der Waals surface area contributed by atoms with Crippen molar-refractivity contribution in [1.82, 2.24) is 14.9 Å². The Bertz CT molecular complexity index is 1150. The number of nitrogens with zero attached hydrogens (tertiary/aromatic N) is 1. The number of likely N-dealkylation sites (tertiary alicyclic amines) is 1. The lowest BCUT2D eigenvalue weighted by molar-refractivity contribution is 0.0942. The number of carbonyl (C=O) groups is 2. The van der Waals surface area contributed by atoms with Gasteiger partial charge in [-0.3, -0.25) is 4.79 Å². The monoisotopic (exact) mass is 501 g/mol. The first-order valence-electron chi connectivity index (χ1n) is 12.6. The Labute approximate surface area is 207 Å². The zero-order chi connectivity index (χ0) is 24.8. The minimum absolute atomic E-state index is 0.157. The summed E-state index contributed by atoms with van der Waals surface area (Å²) in [7, 11) is -3.82. The fraction of sp³-hybridized carbons (Fsp3) is 0.538. The van der Waals surface area contributed by atoms with Gasteiger partial charge in [0, 0.05) is 36.6 Å². The largest absolute Gasteiger partial charge is 0.450 e. The van der Waals surface area contributed by atoms with Gasteiger partial charge in [0.05, 0.1) is 11.5 Å². The standard InChI is InChI=1S/C26H35N3O5S/c1-2-34-26(31)29-16-14-20(15-17-29)28-35(32,33)24-13-12-23(21-10-6-7-11-22(21)24)25(30)27-18-19-8-4-3-5-9-19/h6-7,10-13,19-20,28H,2-5,8-9,14-18H2,1H3,(H,27,30). The first-order chi connectivity index (χ1) is 16.9. The molecule has 0 spiro atoms. The number of hydrogen-bond acceptors (Lipinski definition) is 5. The first-order valence-corrected chi connectivity index (χ1v) is 14.1. The van der Waals surface area contributed by atoms with Gasteiger partial charge in [-0.15, -0.1) is 0 Å². The smallest absolute Gasteiger partial charge is 0.409 e. The summed E-state index contributed by atoms with van der Waals surface area (Å²) in [6.45, 7) is 3.60. The van der Waals surface area contributed by atoms with E-state index < -0.39 is 10.0 Å². The quantitative estimate of drug-likeness (QED) is 0.596. The maximum absolute atomic E-state index is 13.3. The highest BCUT2D eigenvalue weighted by Crippen LogP contribution is 2.28. The highest BCUT2D eigenvalue weighted by atomic mass is 32.2. The summed E-state index contributed by atoms with van der Waals surface area (Å²) < 4.78 is 34.5. The van der Waals surface area contributed by atoms with Gasteiger partial charge in [0.25, 0.3) is 5.91 Å². The molecule has 0 radical (unpaired) electrons. The predicted octanol–water partition coefficient (Wildman–Crippen LogP) is 4.05. The van der Waals surface area contributed by atoms with Crippen LogP contribution in [0.5, 0.6) is 0 Å². The Morgan fingerprint density at radius 2 is 1.66 bits per heavy atom. The molecular weight excluding hydrogens is 466 g/mol. The Kier molecular flexibility index (Phi) is 8.28. The van der Waals surface area contributed by atoms with Crippen LogP contribution in [0.25, 0.3) is 10.8 Å². The summed E-state index contributed by atoms with van der Waals surface area (Å²) in [5.41, 5.74) is 0.484. The molecule has 8 nitrogen and oxygen atoms in total. The number of rotatable bonds is 7. The Hall–Kier alpha value is -2.65. The maximum Gasteiger partial charge on any atom is 0.409 e. The molecule has 0 atom stereocenters. The van der Waals surface area contributed by atoms with Crippen LogP contribution in [0.4, 0.5) is 4.79 Å². The molecule has 0 unspecified atom stereocenters. The van der Waals surface area contributed by atoms with Gasteiger partial charge in [-0.1, -0.05) is 43.5 Å². The third kappa shape index (κ3) is 6.13. The highest BCUT2D eigenvalue weighted by Gasteiger charge is 2.28. The third-order valence-corrected chi connectivity index (χ3v) is 8.62. The molecule has 2 aliphatic rings. The fourth-order valence-corrected chi connectivity index (χ4v) is 6.62. The van der Waals surface area contributed by atoms with E-state index in [0.29, 0.717) is 61.3 Å². The van der Waals surface area contributed by atoms with Gasteiger partial charge < -0.3 is 15.0 Å². The van der Waals surface area contributed by atoms with Crippen molar-refractivity contribution in [3.05, 3.63) is 42.0 Å². The molecule has 0 bridgehead atoms. The number of piperidine rings is 1. The van der Waals surface area contributed by atoms with E-state index in [1.54, 1.807) is 36.1 Å². The summed E-state index contributed by atoms with van der Waals surface area (Å²) in [4.78, 5) is 26.7. The van der Waals surface area contributed by atoms with Crippen LogP contribution in [0.2, 0.25) is 0 Å². The molecule has 0 aromatic heterocycles. The maximum atomic E-state index is 13.3. The Morgan fingerprint density at radius 1 is 0.971 bits per heavy atom. The van der Waals surface area contributed by atoms with Crippen LogP contribution >= 0.6 is 0 Å². The molecule has 9 heteroatoms. The molecule has 35 heavy (non-hydrogen) atoms. The van der Waals surface area contributed by atoms with Crippen LogP contribution in [0.1, 0.15) is 62.2 Å². The van der Waals surface area contributed by atoms with Crippen molar-refractivity contribution in [2.24, 2.45) is 5.92 Å². The first kappa shape index (κ1) is 25.4. The van der Waals surface area contributed by atoms with Crippen LogP contribution in [0.15, 0.2) is 41.3 Å². The van der Waals surface area contributed by atoms with Crippen molar-refractivity contribution in [2.75, 3.05) is 26.2 Å². The zero-order valence-electron chi connectivity index (χ0n) is 20.3. The van der Waals surface area contributed by atoms with Gasteiger partial charge >= 0.3 is 6.09 Å². The number of amides is 2. The molecule has 1 aliphatic heterocycles. The molecule has 2 aromatic carbocycles. The minimum Gasteiger partial charge on any atom is -0.450 e. The van der Waals surface area contributed by atoms with Gasteiger partial charge in [-0.25, -0.2) is 17.9 Å². The van der Waals surface area contributed by atoms with Crippen molar-refractivity contribution in [3.63, 3.8) is 0 Å². The second-order valence-corrected chi connectivity index (χ2v) is 11.1. The van der Waals surface area contributed by atoms with E-state index in [0.717, 1.165) is 12.8 Å². The third-order valence-electron chi connectivity index (χ3n) is 7.04. The molecule has 2 fully saturated rings. The molecule has 1 saturated heterocycles. The van der Waals surface area contributed by atoms with Gasteiger partial charge in [-0.2, -0.15) is 0 Å². The number of sulfonamides is 1.